The topological polar surface area (TPSA) is 82.4 Å². The van der Waals surface area contributed by atoms with E-state index in [1.54, 1.807) is 31.5 Å². The molecule has 7 heteroatoms. The second-order valence-electron chi connectivity index (χ2n) is 8.22. The number of anilines is 1. The van der Waals surface area contributed by atoms with Gasteiger partial charge in [-0.1, -0.05) is 13.8 Å². The van der Waals surface area contributed by atoms with Gasteiger partial charge in [-0.2, -0.15) is 0 Å². The second-order valence-corrected chi connectivity index (χ2v) is 9.22. The molecule has 2 N–H and O–H groups in total. The fourth-order valence-electron chi connectivity index (χ4n) is 4.30. The molecular formula is C21H28N4O2S. The molecule has 3 aromatic rings. The average Bonchev–Trinajstić information content (AvgIpc) is 3.22. The summed E-state index contributed by atoms with van der Waals surface area (Å²) >= 11 is 1.63. The molecule has 0 aromatic carbocycles. The maximum atomic E-state index is 9.96. The highest BCUT2D eigenvalue weighted by molar-refractivity contribution is 7.26. The molecule has 0 saturated heterocycles. The van der Waals surface area contributed by atoms with Crippen LogP contribution in [-0.2, 0) is 12.8 Å². The molecule has 0 unspecified atom stereocenters. The first-order valence-electron chi connectivity index (χ1n) is 10.1. The van der Waals surface area contributed by atoms with Crippen molar-refractivity contribution in [3.8, 4) is 0 Å². The van der Waals surface area contributed by atoms with Crippen molar-refractivity contribution in [2.24, 2.45) is 0 Å². The number of pyridine rings is 1. The van der Waals surface area contributed by atoms with Crippen LogP contribution in [0.4, 0.5) is 5.82 Å². The Labute approximate surface area is 169 Å². The molecule has 0 aliphatic heterocycles. The van der Waals surface area contributed by atoms with Crippen molar-refractivity contribution in [1.82, 2.24) is 15.0 Å². The summed E-state index contributed by atoms with van der Waals surface area (Å²) in [5.41, 5.74) is 4.98. The number of hydrogen-bond donors (Lipinski definition) is 2. The van der Waals surface area contributed by atoms with Gasteiger partial charge < -0.3 is 15.1 Å². The van der Waals surface area contributed by atoms with Gasteiger partial charge in [-0.25, -0.2) is 15.0 Å². The molecule has 3 aromatic heterocycles. The Balaban J connectivity index is 1.95. The molecule has 4 rings (SSSR count). The van der Waals surface area contributed by atoms with Gasteiger partial charge in [0.1, 0.15) is 17.0 Å². The van der Waals surface area contributed by atoms with Crippen molar-refractivity contribution < 1.29 is 10.2 Å². The Morgan fingerprint density at radius 2 is 1.71 bits per heavy atom. The first-order valence-corrected chi connectivity index (χ1v) is 10.9. The fourth-order valence-corrected chi connectivity index (χ4v) is 5.49. The van der Waals surface area contributed by atoms with E-state index >= 15 is 0 Å². The van der Waals surface area contributed by atoms with Crippen LogP contribution in [0.2, 0.25) is 0 Å². The average molecular weight is 401 g/mol. The van der Waals surface area contributed by atoms with E-state index in [1.165, 1.54) is 28.6 Å². The van der Waals surface area contributed by atoms with Crippen LogP contribution in [0.5, 0.6) is 0 Å². The number of fused-ring (bicyclic) bond motifs is 5. The Morgan fingerprint density at radius 1 is 1.04 bits per heavy atom. The fraction of sp³-hybridized carbons (Fsp3) is 0.571. The highest BCUT2D eigenvalue weighted by Gasteiger charge is 2.26. The minimum atomic E-state index is -0.520. The lowest BCUT2D eigenvalue weighted by Gasteiger charge is -2.26. The monoisotopic (exact) mass is 400 g/mol. The summed E-state index contributed by atoms with van der Waals surface area (Å²) in [5, 5.41) is 21.1. The van der Waals surface area contributed by atoms with Crippen LogP contribution in [0, 0.1) is 0 Å². The lowest BCUT2D eigenvalue weighted by Crippen LogP contribution is -2.37. The van der Waals surface area contributed by atoms with E-state index in [-0.39, 0.29) is 0 Å². The van der Waals surface area contributed by atoms with Gasteiger partial charge >= 0.3 is 0 Å². The zero-order chi connectivity index (χ0) is 20.0. The van der Waals surface area contributed by atoms with Crippen LogP contribution in [0.15, 0.2) is 6.33 Å². The van der Waals surface area contributed by atoms with Crippen LogP contribution in [0.25, 0.3) is 20.4 Å². The summed E-state index contributed by atoms with van der Waals surface area (Å²) in [5.74, 6) is 1.17. The van der Waals surface area contributed by atoms with Gasteiger partial charge in [-0.05, 0) is 50.2 Å². The number of thiophene rings is 1. The Kier molecular flexibility index (Phi) is 5.24. The number of aryl methyl sites for hydroxylation is 1. The number of aliphatic hydroxyl groups excluding tert-OH is 2. The highest BCUT2D eigenvalue weighted by atomic mass is 32.1. The number of aromatic nitrogens is 3. The zero-order valence-electron chi connectivity index (χ0n) is 16.9. The van der Waals surface area contributed by atoms with Crippen LogP contribution < -0.4 is 4.90 Å². The zero-order valence-corrected chi connectivity index (χ0v) is 17.8. The molecule has 0 fully saturated rings. The third-order valence-corrected chi connectivity index (χ3v) is 6.37. The first kappa shape index (κ1) is 19.5. The maximum absolute atomic E-state index is 9.96. The SMILES string of the molecule is CC(C)c1nc2sc3c(N(C[C@H](C)O)C[C@H](C)O)ncnc3c2c2c1CCC2. The van der Waals surface area contributed by atoms with E-state index in [1.807, 2.05) is 4.90 Å². The van der Waals surface area contributed by atoms with Crippen LogP contribution in [0.1, 0.15) is 56.9 Å². The van der Waals surface area contributed by atoms with E-state index in [4.69, 9.17) is 4.98 Å². The molecule has 6 nitrogen and oxygen atoms in total. The van der Waals surface area contributed by atoms with Gasteiger partial charge in [0.2, 0.25) is 0 Å². The molecule has 0 radical (unpaired) electrons. The molecule has 0 amide bonds. The van der Waals surface area contributed by atoms with E-state index in [9.17, 15) is 10.2 Å². The molecule has 0 spiro atoms. The number of aliphatic hydroxyl groups is 2. The van der Waals surface area contributed by atoms with E-state index < -0.39 is 12.2 Å². The number of hydrogen-bond acceptors (Lipinski definition) is 7. The number of rotatable bonds is 6. The van der Waals surface area contributed by atoms with Crippen molar-refractivity contribution in [2.45, 2.75) is 65.1 Å². The van der Waals surface area contributed by atoms with Gasteiger partial charge in [0, 0.05) is 24.2 Å². The van der Waals surface area contributed by atoms with Crippen molar-refractivity contribution in [1.29, 1.82) is 0 Å². The van der Waals surface area contributed by atoms with Crippen LogP contribution in [0.3, 0.4) is 0 Å². The highest BCUT2D eigenvalue weighted by Crippen LogP contribution is 2.43. The van der Waals surface area contributed by atoms with Crippen LogP contribution >= 0.6 is 11.3 Å². The van der Waals surface area contributed by atoms with Crippen molar-refractivity contribution in [2.75, 3.05) is 18.0 Å². The lowest BCUT2D eigenvalue weighted by molar-refractivity contribution is 0.178. The minimum Gasteiger partial charge on any atom is -0.392 e. The van der Waals surface area contributed by atoms with Gasteiger partial charge in [0.25, 0.3) is 0 Å². The summed E-state index contributed by atoms with van der Waals surface area (Å²) in [7, 11) is 0. The van der Waals surface area contributed by atoms with E-state index in [2.05, 4.69) is 23.8 Å². The lowest BCUT2D eigenvalue weighted by atomic mass is 9.99. The van der Waals surface area contributed by atoms with Gasteiger partial charge in [0.05, 0.1) is 22.4 Å². The third kappa shape index (κ3) is 3.36. The summed E-state index contributed by atoms with van der Waals surface area (Å²) in [6.45, 7) is 8.74. The van der Waals surface area contributed by atoms with Gasteiger partial charge in [-0.3, -0.25) is 0 Å². The summed E-state index contributed by atoms with van der Waals surface area (Å²) in [6, 6.07) is 0. The summed E-state index contributed by atoms with van der Waals surface area (Å²) in [6.07, 6.45) is 3.89. The van der Waals surface area contributed by atoms with E-state index in [0.29, 0.717) is 19.0 Å². The molecule has 150 valence electrons. The minimum absolute atomic E-state index is 0.397. The predicted octanol–water partition coefficient (Wildman–Crippen LogP) is 3.42. The predicted molar refractivity (Wildman–Crippen MR) is 114 cm³/mol. The largest absolute Gasteiger partial charge is 0.392 e. The molecule has 2 atom stereocenters. The normalized spacial score (nSPS) is 16.1. The molecular weight excluding hydrogens is 372 g/mol. The smallest absolute Gasteiger partial charge is 0.150 e. The number of nitrogens with zero attached hydrogens (tertiary/aromatic N) is 4. The van der Waals surface area contributed by atoms with Gasteiger partial charge in [-0.15, -0.1) is 11.3 Å². The van der Waals surface area contributed by atoms with Crippen molar-refractivity contribution in [3.05, 3.63) is 23.1 Å². The first-order chi connectivity index (χ1) is 13.4. The molecule has 1 aliphatic carbocycles. The Hall–Kier alpha value is -1.83. The molecule has 3 heterocycles. The molecule has 1 aliphatic rings. The molecule has 0 saturated carbocycles. The Bertz CT molecular complexity index is 1000. The molecule has 0 bridgehead atoms. The van der Waals surface area contributed by atoms with Crippen molar-refractivity contribution >= 4 is 37.6 Å². The Morgan fingerprint density at radius 3 is 2.36 bits per heavy atom. The van der Waals surface area contributed by atoms with Gasteiger partial charge in [0.15, 0.2) is 0 Å². The summed E-state index contributed by atoms with van der Waals surface area (Å²) in [4.78, 5) is 17.2. The summed E-state index contributed by atoms with van der Waals surface area (Å²) < 4.78 is 0.987. The molecule has 28 heavy (non-hydrogen) atoms. The second kappa shape index (κ2) is 7.54. The maximum Gasteiger partial charge on any atom is 0.150 e. The quantitative estimate of drug-likeness (QED) is 0.660. The third-order valence-electron chi connectivity index (χ3n) is 5.30. The van der Waals surface area contributed by atoms with Crippen LogP contribution in [-0.4, -0.2) is 50.5 Å². The standard InChI is InChI=1S/C21H28N4O2S/c1-11(2)17-15-7-5-6-14(15)16-18-19(28-21(16)24-17)20(23-10-22-18)25(8-12(3)26)9-13(4)27/h10-13,26-27H,5-9H2,1-4H3/t12-,13-/m0/s1. The van der Waals surface area contributed by atoms with Crippen molar-refractivity contribution in [3.63, 3.8) is 0 Å². The van der Waals surface area contributed by atoms with E-state index in [0.717, 1.165) is 33.7 Å².